The molecule has 24 heavy (non-hydrogen) atoms. The number of hydrogen-bond acceptors (Lipinski definition) is 1. The molecule has 1 unspecified atom stereocenters. The van der Waals surface area contributed by atoms with Crippen LogP contribution in [0.2, 0.25) is 5.02 Å². The van der Waals surface area contributed by atoms with Crippen LogP contribution in [0.5, 0.6) is 0 Å². The van der Waals surface area contributed by atoms with E-state index in [1.165, 1.54) is 0 Å². The maximum Gasteiger partial charge on any atom is 0.173 e. The Kier molecular flexibility index (Phi) is 5.49. The van der Waals surface area contributed by atoms with Gasteiger partial charge in [0.05, 0.1) is 5.33 Å². The molecule has 3 aromatic rings. The number of halogens is 2. The Morgan fingerprint density at radius 3 is 2.08 bits per heavy atom. The zero-order chi connectivity index (χ0) is 16.9. The molecule has 0 N–H and O–H groups in total. The van der Waals surface area contributed by atoms with Crippen LogP contribution in [0.1, 0.15) is 33.0 Å². The molecule has 3 heteroatoms. The zero-order valence-corrected chi connectivity index (χ0v) is 15.3. The molecule has 0 aromatic heterocycles. The summed E-state index contributed by atoms with van der Waals surface area (Å²) in [7, 11) is 0. The van der Waals surface area contributed by atoms with Crippen LogP contribution >= 0.6 is 27.5 Å². The van der Waals surface area contributed by atoms with Gasteiger partial charge in [0.25, 0.3) is 0 Å². The summed E-state index contributed by atoms with van der Waals surface area (Å²) in [5.74, 6) is -0.0160. The number of Topliss-reactive ketones (excluding diaryl/α,β-unsaturated/α-hetero) is 1. The third-order valence-electron chi connectivity index (χ3n) is 4.04. The second-order valence-electron chi connectivity index (χ2n) is 5.51. The van der Waals surface area contributed by atoms with Crippen molar-refractivity contribution in [3.8, 4) is 0 Å². The van der Waals surface area contributed by atoms with Crippen LogP contribution in [0, 0.1) is 0 Å². The molecule has 0 amide bonds. The van der Waals surface area contributed by atoms with Crippen LogP contribution < -0.4 is 0 Å². The van der Waals surface area contributed by atoms with E-state index in [2.05, 4.69) is 28.1 Å². The molecule has 120 valence electrons. The van der Waals surface area contributed by atoms with Gasteiger partial charge in [-0.2, -0.15) is 0 Å². The van der Waals surface area contributed by atoms with Crippen molar-refractivity contribution in [3.05, 3.63) is 106 Å². The molecule has 0 saturated carbocycles. The van der Waals surface area contributed by atoms with E-state index in [1.54, 1.807) is 0 Å². The van der Waals surface area contributed by atoms with Crippen molar-refractivity contribution in [1.29, 1.82) is 0 Å². The van der Waals surface area contributed by atoms with E-state index >= 15 is 0 Å². The largest absolute Gasteiger partial charge is 0.293 e. The minimum atomic E-state index is -0.0842. The Labute approximate surface area is 155 Å². The van der Waals surface area contributed by atoms with Gasteiger partial charge < -0.3 is 0 Å². The monoisotopic (exact) mass is 398 g/mol. The van der Waals surface area contributed by atoms with Crippen LogP contribution in [-0.2, 0) is 0 Å². The number of carbonyl (C=O) groups excluding carboxylic acids is 1. The van der Waals surface area contributed by atoms with Crippen molar-refractivity contribution in [2.45, 2.75) is 5.92 Å². The quantitative estimate of drug-likeness (QED) is 0.288. The van der Waals surface area contributed by atoms with Gasteiger partial charge in [-0.3, -0.25) is 4.79 Å². The van der Waals surface area contributed by atoms with Crippen molar-refractivity contribution in [2.24, 2.45) is 0 Å². The number of carbonyl (C=O) groups is 1. The van der Waals surface area contributed by atoms with Crippen molar-refractivity contribution in [3.63, 3.8) is 0 Å². The van der Waals surface area contributed by atoms with Crippen molar-refractivity contribution in [1.82, 2.24) is 0 Å². The lowest BCUT2D eigenvalue weighted by Crippen LogP contribution is -2.11. The van der Waals surface area contributed by atoms with Crippen LogP contribution in [0.3, 0.4) is 0 Å². The number of benzene rings is 3. The first-order chi connectivity index (χ1) is 11.7. The summed E-state index contributed by atoms with van der Waals surface area (Å²) in [4.78, 5) is 12.4. The molecule has 0 aliphatic carbocycles. The van der Waals surface area contributed by atoms with E-state index < -0.39 is 0 Å². The van der Waals surface area contributed by atoms with E-state index in [4.69, 9.17) is 11.6 Å². The maximum absolute atomic E-state index is 12.4. The molecule has 3 rings (SSSR count). The van der Waals surface area contributed by atoms with Crippen LogP contribution in [0.4, 0.5) is 0 Å². The van der Waals surface area contributed by atoms with Gasteiger partial charge in [0.15, 0.2) is 5.78 Å². The summed E-state index contributed by atoms with van der Waals surface area (Å²) in [6.07, 6.45) is 0. The molecule has 0 spiro atoms. The highest BCUT2D eigenvalue weighted by atomic mass is 79.9. The van der Waals surface area contributed by atoms with Gasteiger partial charge in [-0.15, -0.1) is 0 Å². The highest BCUT2D eigenvalue weighted by molar-refractivity contribution is 9.09. The second-order valence-corrected chi connectivity index (χ2v) is 6.48. The number of hydrogen-bond donors (Lipinski definition) is 0. The molecule has 0 heterocycles. The molecule has 0 saturated heterocycles. The molecular formula is C21H16BrClO. The molecule has 0 aliphatic heterocycles. The highest BCUT2D eigenvalue weighted by Crippen LogP contribution is 2.37. The summed E-state index contributed by atoms with van der Waals surface area (Å²) >= 11 is 9.78. The number of alkyl halides is 1. The van der Waals surface area contributed by atoms with E-state index in [0.717, 1.165) is 22.3 Å². The van der Waals surface area contributed by atoms with Crippen LogP contribution in [-0.4, -0.2) is 11.1 Å². The predicted molar refractivity (Wildman–Crippen MR) is 103 cm³/mol. The third kappa shape index (κ3) is 3.45. The minimum Gasteiger partial charge on any atom is -0.293 e. The normalized spacial score (nSPS) is 11.9. The minimum absolute atomic E-state index is 0.0681. The summed E-state index contributed by atoms with van der Waals surface area (Å²) in [6, 6.07) is 25.7. The smallest absolute Gasteiger partial charge is 0.173 e. The standard InChI is InChI=1S/C21H16BrClO/c22-14-20(24)16-10-4-5-11-17(16)21(15-8-2-1-3-9-15)18-12-6-7-13-19(18)23/h1-13,21H,14H2. The number of rotatable bonds is 5. The van der Waals surface area contributed by atoms with Gasteiger partial charge >= 0.3 is 0 Å². The molecule has 0 fully saturated rings. The van der Waals surface area contributed by atoms with Gasteiger partial charge in [0, 0.05) is 16.5 Å². The number of ketones is 1. The molecule has 1 nitrogen and oxygen atoms in total. The van der Waals surface area contributed by atoms with Gasteiger partial charge in [-0.1, -0.05) is 100 Å². The molecule has 0 radical (unpaired) electrons. The lowest BCUT2D eigenvalue weighted by atomic mass is 9.82. The first-order valence-electron chi connectivity index (χ1n) is 7.70. The Hall–Kier alpha value is -1.90. The fourth-order valence-corrected chi connectivity index (χ4v) is 3.50. The Morgan fingerprint density at radius 1 is 0.833 bits per heavy atom. The zero-order valence-electron chi connectivity index (χ0n) is 13.0. The van der Waals surface area contributed by atoms with E-state index in [9.17, 15) is 4.79 Å². The Bertz CT molecular complexity index is 845. The summed E-state index contributed by atoms with van der Waals surface area (Å²) in [5.41, 5.74) is 3.81. The van der Waals surface area contributed by atoms with Gasteiger partial charge in [0.2, 0.25) is 0 Å². The van der Waals surface area contributed by atoms with Gasteiger partial charge in [-0.25, -0.2) is 0 Å². The molecule has 0 bridgehead atoms. The van der Waals surface area contributed by atoms with Crippen LogP contribution in [0.25, 0.3) is 0 Å². The first kappa shape index (κ1) is 16.9. The van der Waals surface area contributed by atoms with E-state index in [-0.39, 0.29) is 11.7 Å². The molecule has 0 aliphatic rings. The van der Waals surface area contributed by atoms with E-state index in [1.807, 2.05) is 66.7 Å². The predicted octanol–water partition coefficient (Wildman–Crippen LogP) is 6.10. The van der Waals surface area contributed by atoms with Gasteiger partial charge in [-0.05, 0) is 22.8 Å². The van der Waals surface area contributed by atoms with Crippen molar-refractivity contribution < 1.29 is 4.79 Å². The third-order valence-corrected chi connectivity index (χ3v) is 4.90. The Morgan fingerprint density at radius 2 is 1.42 bits per heavy atom. The fourth-order valence-electron chi connectivity index (χ4n) is 2.96. The highest BCUT2D eigenvalue weighted by Gasteiger charge is 2.23. The summed E-state index contributed by atoms with van der Waals surface area (Å²) < 4.78 is 0. The SMILES string of the molecule is O=C(CBr)c1ccccc1C(c1ccccc1)c1ccccc1Cl. The molecular weight excluding hydrogens is 384 g/mol. The Balaban J connectivity index is 2.24. The topological polar surface area (TPSA) is 17.1 Å². The van der Waals surface area contributed by atoms with Crippen molar-refractivity contribution >= 4 is 33.3 Å². The molecule has 1 atom stereocenters. The summed E-state index contributed by atoms with van der Waals surface area (Å²) in [6.45, 7) is 0. The maximum atomic E-state index is 12.4. The average Bonchev–Trinajstić information content (AvgIpc) is 2.64. The van der Waals surface area contributed by atoms with E-state index in [0.29, 0.717) is 10.4 Å². The van der Waals surface area contributed by atoms with Crippen molar-refractivity contribution in [2.75, 3.05) is 5.33 Å². The van der Waals surface area contributed by atoms with Gasteiger partial charge in [0.1, 0.15) is 0 Å². The summed E-state index contributed by atoms with van der Waals surface area (Å²) in [5, 5.41) is 1.00. The lowest BCUT2D eigenvalue weighted by molar-refractivity contribution is 0.102. The van der Waals surface area contributed by atoms with Crippen LogP contribution in [0.15, 0.2) is 78.9 Å². The average molecular weight is 400 g/mol. The second kappa shape index (κ2) is 7.78. The lowest BCUT2D eigenvalue weighted by Gasteiger charge is -2.22. The first-order valence-corrected chi connectivity index (χ1v) is 9.19. The fraction of sp³-hybridized carbons (Fsp3) is 0.0952. The molecule has 3 aromatic carbocycles.